The molecule has 1 rings (SSSR count). The molecule has 1 aromatic rings. The number of imide groups is 1. The minimum atomic E-state index is -1.59. The molecule has 0 radical (unpaired) electrons. The second-order valence-electron chi connectivity index (χ2n) is 2.24. The van der Waals surface area contributed by atoms with Crippen LogP contribution in [-0.4, -0.2) is 27.0 Å². The molecule has 9 heteroatoms. The van der Waals surface area contributed by atoms with E-state index in [-0.39, 0.29) is 4.64 Å². The van der Waals surface area contributed by atoms with Crippen molar-refractivity contribution >= 4 is 24.4 Å². The molecule has 0 saturated carbocycles. The largest absolute Gasteiger partial charge is 0.465 e. The zero-order valence-corrected chi connectivity index (χ0v) is 7.91. The molecule has 3 N–H and O–H groups in total. The van der Waals surface area contributed by atoms with E-state index in [4.69, 9.17) is 5.11 Å². The topological polar surface area (TPSA) is 113 Å². The van der Waals surface area contributed by atoms with Crippen molar-refractivity contribution in [2.45, 2.75) is 0 Å². The van der Waals surface area contributed by atoms with Gasteiger partial charge in [0.1, 0.15) is 4.64 Å². The van der Waals surface area contributed by atoms with E-state index < -0.39 is 17.9 Å². The number of nitrogens with one attached hydrogen (secondary N) is 2. The SMILES string of the molecule is O=C(O)NC(=O)On1ccc(=S)[nH]c1=O. The van der Waals surface area contributed by atoms with Gasteiger partial charge in [0.2, 0.25) is 0 Å². The zero-order valence-electron chi connectivity index (χ0n) is 7.09. The van der Waals surface area contributed by atoms with Crippen LogP contribution in [0.4, 0.5) is 9.59 Å². The van der Waals surface area contributed by atoms with Crippen LogP contribution in [0.15, 0.2) is 17.1 Å². The standard InChI is InChI=1S/C6H5N3O5S/c10-4-7-3(15)1-2-9(4)14-6(13)8-5(11)12/h1-2H,(H,8,13)(H,11,12)(H,7,10,15). The molecule has 0 atom stereocenters. The molecular weight excluding hydrogens is 226 g/mol. The van der Waals surface area contributed by atoms with E-state index in [0.29, 0.717) is 4.73 Å². The molecule has 80 valence electrons. The zero-order chi connectivity index (χ0) is 11.4. The van der Waals surface area contributed by atoms with Gasteiger partial charge in [0.05, 0.1) is 6.20 Å². The van der Waals surface area contributed by atoms with Gasteiger partial charge in [0, 0.05) is 0 Å². The van der Waals surface area contributed by atoms with Gasteiger partial charge in [-0.05, 0) is 6.07 Å². The fraction of sp³-hybridized carbons (Fsp3) is 0. The van der Waals surface area contributed by atoms with Crippen LogP contribution in [0.5, 0.6) is 0 Å². The lowest BCUT2D eigenvalue weighted by Gasteiger charge is -2.03. The lowest BCUT2D eigenvalue weighted by Crippen LogP contribution is -2.40. The molecule has 0 aliphatic heterocycles. The Morgan fingerprint density at radius 2 is 2.27 bits per heavy atom. The first-order valence-electron chi connectivity index (χ1n) is 3.53. The van der Waals surface area contributed by atoms with E-state index in [1.165, 1.54) is 11.4 Å². The number of aromatic nitrogens is 2. The van der Waals surface area contributed by atoms with Crippen molar-refractivity contribution in [3.05, 3.63) is 27.4 Å². The molecule has 0 unspecified atom stereocenters. The van der Waals surface area contributed by atoms with Gasteiger partial charge >= 0.3 is 17.9 Å². The number of amides is 2. The Morgan fingerprint density at radius 3 is 2.80 bits per heavy atom. The molecule has 0 aromatic carbocycles. The fourth-order valence-corrected chi connectivity index (χ4v) is 0.825. The Hall–Kier alpha value is -2.16. The van der Waals surface area contributed by atoms with Gasteiger partial charge < -0.3 is 9.94 Å². The Kier molecular flexibility index (Phi) is 3.18. The molecule has 15 heavy (non-hydrogen) atoms. The van der Waals surface area contributed by atoms with E-state index in [1.54, 1.807) is 0 Å². The van der Waals surface area contributed by atoms with Gasteiger partial charge in [-0.2, -0.15) is 0 Å². The number of hydrogen-bond donors (Lipinski definition) is 3. The van der Waals surface area contributed by atoms with Crippen molar-refractivity contribution in [2.24, 2.45) is 0 Å². The average molecular weight is 231 g/mol. The monoisotopic (exact) mass is 231 g/mol. The van der Waals surface area contributed by atoms with Crippen molar-refractivity contribution in [3.63, 3.8) is 0 Å². The number of carboxylic acid groups (broad SMARTS) is 1. The molecule has 0 bridgehead atoms. The molecule has 1 aromatic heterocycles. The maximum Gasteiger partial charge on any atom is 0.441 e. The number of nitrogens with zero attached hydrogens (tertiary/aromatic N) is 1. The lowest BCUT2D eigenvalue weighted by atomic mass is 10.7. The molecule has 0 aliphatic carbocycles. The summed E-state index contributed by atoms with van der Waals surface area (Å²) in [5, 5.41) is 9.54. The molecule has 0 fully saturated rings. The highest BCUT2D eigenvalue weighted by Crippen LogP contribution is 1.80. The lowest BCUT2D eigenvalue weighted by molar-refractivity contribution is 0.122. The Balaban J connectivity index is 2.82. The van der Waals surface area contributed by atoms with Crippen molar-refractivity contribution in [1.29, 1.82) is 0 Å². The normalized spacial score (nSPS) is 9.33. The molecule has 0 saturated heterocycles. The Morgan fingerprint density at radius 1 is 1.60 bits per heavy atom. The van der Waals surface area contributed by atoms with E-state index in [1.807, 2.05) is 0 Å². The first-order valence-corrected chi connectivity index (χ1v) is 3.94. The van der Waals surface area contributed by atoms with E-state index >= 15 is 0 Å². The Labute approximate surface area is 87.1 Å². The summed E-state index contributed by atoms with van der Waals surface area (Å²) in [6.07, 6.45) is -1.80. The number of rotatable bonds is 1. The number of carbonyl (C=O) groups is 2. The van der Waals surface area contributed by atoms with Crippen LogP contribution in [0.25, 0.3) is 0 Å². The van der Waals surface area contributed by atoms with Crippen molar-refractivity contribution in [2.75, 3.05) is 0 Å². The molecule has 0 spiro atoms. The van der Waals surface area contributed by atoms with Gasteiger partial charge in [0.15, 0.2) is 0 Å². The molecule has 1 heterocycles. The minimum Gasteiger partial charge on any atom is -0.465 e. The van der Waals surface area contributed by atoms with Crippen LogP contribution in [-0.2, 0) is 0 Å². The van der Waals surface area contributed by atoms with Crippen LogP contribution in [0.3, 0.4) is 0 Å². The third kappa shape index (κ3) is 3.23. The fourth-order valence-electron chi connectivity index (χ4n) is 0.677. The molecular formula is C6H5N3O5S. The highest BCUT2D eigenvalue weighted by atomic mass is 32.1. The van der Waals surface area contributed by atoms with Gasteiger partial charge in [-0.3, -0.25) is 4.98 Å². The maximum absolute atomic E-state index is 11.0. The van der Waals surface area contributed by atoms with Crippen molar-refractivity contribution < 1.29 is 19.5 Å². The average Bonchev–Trinajstić information content (AvgIpc) is 2.08. The summed E-state index contributed by atoms with van der Waals surface area (Å²) in [5.41, 5.74) is -0.789. The van der Waals surface area contributed by atoms with E-state index in [9.17, 15) is 14.4 Å². The first kappa shape index (κ1) is 10.9. The summed E-state index contributed by atoms with van der Waals surface area (Å²) < 4.78 is 0.673. The molecule has 8 nitrogen and oxygen atoms in total. The summed E-state index contributed by atoms with van der Waals surface area (Å²) >= 11 is 4.62. The predicted octanol–water partition coefficient (Wildman–Crippen LogP) is -0.278. The second-order valence-corrected chi connectivity index (χ2v) is 2.68. The Bertz CT molecular complexity index is 504. The van der Waals surface area contributed by atoms with Crippen molar-refractivity contribution in [1.82, 2.24) is 15.0 Å². The molecule has 2 amide bonds. The van der Waals surface area contributed by atoms with Crippen LogP contribution in [0, 0.1) is 4.64 Å². The number of carbonyl (C=O) groups excluding carboxylic acids is 1. The first-order chi connectivity index (χ1) is 6.99. The van der Waals surface area contributed by atoms with E-state index in [0.717, 1.165) is 6.20 Å². The summed E-state index contributed by atoms with van der Waals surface area (Å²) in [7, 11) is 0. The predicted molar refractivity (Wildman–Crippen MR) is 49.0 cm³/mol. The summed E-state index contributed by atoms with van der Waals surface area (Å²) in [6, 6.07) is 1.30. The molecule has 0 aliphatic rings. The van der Waals surface area contributed by atoms with Crippen LogP contribution in [0.1, 0.15) is 0 Å². The highest BCUT2D eigenvalue weighted by Gasteiger charge is 2.08. The smallest absolute Gasteiger partial charge is 0.441 e. The van der Waals surface area contributed by atoms with Gasteiger partial charge in [-0.25, -0.2) is 19.7 Å². The van der Waals surface area contributed by atoms with Gasteiger partial charge in [-0.1, -0.05) is 12.2 Å². The second kappa shape index (κ2) is 4.37. The van der Waals surface area contributed by atoms with Crippen molar-refractivity contribution in [3.8, 4) is 0 Å². The third-order valence-electron chi connectivity index (χ3n) is 1.18. The number of H-pyrrole nitrogens is 1. The summed E-state index contributed by atoms with van der Waals surface area (Å²) in [5.74, 6) is 0. The van der Waals surface area contributed by atoms with Crippen LogP contribution in [0.2, 0.25) is 0 Å². The van der Waals surface area contributed by atoms with Crippen LogP contribution < -0.4 is 15.8 Å². The third-order valence-corrected chi connectivity index (χ3v) is 1.42. The highest BCUT2D eigenvalue weighted by molar-refractivity contribution is 7.71. The quantitative estimate of drug-likeness (QED) is 0.573. The number of hydrogen-bond acceptors (Lipinski definition) is 5. The summed E-state index contributed by atoms with van der Waals surface area (Å²) in [4.78, 5) is 38.3. The van der Waals surface area contributed by atoms with Gasteiger partial charge in [-0.15, -0.1) is 4.73 Å². The van der Waals surface area contributed by atoms with E-state index in [2.05, 4.69) is 22.0 Å². The number of aromatic amines is 1. The van der Waals surface area contributed by atoms with Gasteiger partial charge in [0.25, 0.3) is 0 Å². The summed E-state index contributed by atoms with van der Waals surface area (Å²) in [6.45, 7) is 0. The maximum atomic E-state index is 11.0. The minimum absolute atomic E-state index is 0.165. The van der Waals surface area contributed by atoms with Crippen LogP contribution >= 0.6 is 12.2 Å².